The molecular formula is C9H13FN2. The highest BCUT2D eigenvalue weighted by atomic mass is 19.1. The molecule has 1 aromatic rings. The third-order valence-electron chi connectivity index (χ3n) is 1.71. The molecular weight excluding hydrogens is 155 g/mol. The Balaban J connectivity index is 2.73. The van der Waals surface area contributed by atoms with Crippen molar-refractivity contribution in [3.63, 3.8) is 0 Å². The van der Waals surface area contributed by atoms with Gasteiger partial charge in [0.25, 0.3) is 0 Å². The van der Waals surface area contributed by atoms with E-state index in [2.05, 4.69) is 4.98 Å². The number of pyridine rings is 1. The first-order valence-corrected chi connectivity index (χ1v) is 3.99. The standard InChI is InChI=1S/C9H13FN2/c1-7-3-2-4-9(12-7)8(11)5-6-10/h2-4,8H,5-6,11H2,1H3/t8-/m0/s1. The van der Waals surface area contributed by atoms with Gasteiger partial charge in [-0.25, -0.2) is 0 Å². The van der Waals surface area contributed by atoms with Crippen molar-refractivity contribution in [2.75, 3.05) is 6.67 Å². The Morgan fingerprint density at radius 1 is 1.58 bits per heavy atom. The van der Waals surface area contributed by atoms with Crippen LogP contribution in [-0.4, -0.2) is 11.7 Å². The molecule has 0 aliphatic heterocycles. The monoisotopic (exact) mass is 168 g/mol. The largest absolute Gasteiger partial charge is 0.323 e. The molecule has 2 N–H and O–H groups in total. The number of hydrogen-bond donors (Lipinski definition) is 1. The average Bonchev–Trinajstić information content (AvgIpc) is 2.05. The number of nitrogens with zero attached hydrogens (tertiary/aromatic N) is 1. The molecule has 0 amide bonds. The van der Waals surface area contributed by atoms with Crippen molar-refractivity contribution in [3.05, 3.63) is 29.6 Å². The smallest absolute Gasteiger partial charge is 0.0913 e. The van der Waals surface area contributed by atoms with E-state index in [1.165, 1.54) is 0 Å². The molecule has 0 saturated heterocycles. The first kappa shape index (κ1) is 9.13. The van der Waals surface area contributed by atoms with Crippen molar-refractivity contribution in [3.8, 4) is 0 Å². The van der Waals surface area contributed by atoms with E-state index in [0.29, 0.717) is 6.42 Å². The molecule has 2 nitrogen and oxygen atoms in total. The molecule has 0 saturated carbocycles. The molecule has 0 radical (unpaired) electrons. The second kappa shape index (κ2) is 4.16. The van der Waals surface area contributed by atoms with Crippen molar-refractivity contribution >= 4 is 0 Å². The van der Waals surface area contributed by atoms with Gasteiger partial charge in [-0.05, 0) is 25.5 Å². The fourth-order valence-electron chi connectivity index (χ4n) is 1.04. The van der Waals surface area contributed by atoms with E-state index in [1.807, 2.05) is 25.1 Å². The summed E-state index contributed by atoms with van der Waals surface area (Å²) >= 11 is 0. The van der Waals surface area contributed by atoms with Crippen molar-refractivity contribution in [2.45, 2.75) is 19.4 Å². The Morgan fingerprint density at radius 3 is 2.92 bits per heavy atom. The van der Waals surface area contributed by atoms with Gasteiger partial charge in [0, 0.05) is 11.7 Å². The van der Waals surface area contributed by atoms with Crippen LogP contribution in [0.15, 0.2) is 18.2 Å². The van der Waals surface area contributed by atoms with Crippen LogP contribution in [0.5, 0.6) is 0 Å². The molecule has 1 heterocycles. The fraction of sp³-hybridized carbons (Fsp3) is 0.444. The molecule has 3 heteroatoms. The maximum atomic E-state index is 11.9. The Morgan fingerprint density at radius 2 is 2.33 bits per heavy atom. The van der Waals surface area contributed by atoms with Crippen molar-refractivity contribution < 1.29 is 4.39 Å². The minimum atomic E-state index is -0.392. The normalized spacial score (nSPS) is 12.9. The predicted octanol–water partition coefficient (Wildman–Crippen LogP) is 1.75. The molecule has 0 unspecified atom stereocenters. The maximum absolute atomic E-state index is 11.9. The molecule has 1 aromatic heterocycles. The number of halogens is 1. The third kappa shape index (κ3) is 2.27. The summed E-state index contributed by atoms with van der Waals surface area (Å²) < 4.78 is 11.9. The zero-order valence-electron chi connectivity index (χ0n) is 7.13. The molecule has 0 bridgehead atoms. The highest BCUT2D eigenvalue weighted by Crippen LogP contribution is 2.11. The van der Waals surface area contributed by atoms with Crippen LogP contribution in [0, 0.1) is 6.92 Å². The molecule has 0 aliphatic rings. The van der Waals surface area contributed by atoms with Gasteiger partial charge in [0.15, 0.2) is 0 Å². The van der Waals surface area contributed by atoms with Crippen molar-refractivity contribution in [1.82, 2.24) is 4.98 Å². The van der Waals surface area contributed by atoms with Crippen LogP contribution in [0.25, 0.3) is 0 Å². The molecule has 0 fully saturated rings. The van der Waals surface area contributed by atoms with Crippen molar-refractivity contribution in [2.24, 2.45) is 5.73 Å². The van der Waals surface area contributed by atoms with E-state index in [-0.39, 0.29) is 6.04 Å². The number of hydrogen-bond acceptors (Lipinski definition) is 2. The number of aromatic nitrogens is 1. The topological polar surface area (TPSA) is 38.9 Å². The van der Waals surface area contributed by atoms with Crippen LogP contribution in [0.3, 0.4) is 0 Å². The van der Waals surface area contributed by atoms with Gasteiger partial charge in [0.05, 0.1) is 12.4 Å². The van der Waals surface area contributed by atoms with Crippen LogP contribution >= 0.6 is 0 Å². The van der Waals surface area contributed by atoms with E-state index >= 15 is 0 Å². The highest BCUT2D eigenvalue weighted by molar-refractivity contribution is 5.12. The summed E-state index contributed by atoms with van der Waals surface area (Å²) in [5.74, 6) is 0. The van der Waals surface area contributed by atoms with E-state index in [9.17, 15) is 4.39 Å². The lowest BCUT2D eigenvalue weighted by Crippen LogP contribution is -2.12. The van der Waals surface area contributed by atoms with Gasteiger partial charge in [-0.1, -0.05) is 6.07 Å². The summed E-state index contributed by atoms with van der Waals surface area (Å²) in [6.07, 6.45) is 0.344. The average molecular weight is 168 g/mol. The zero-order chi connectivity index (χ0) is 8.97. The first-order chi connectivity index (χ1) is 5.74. The fourth-order valence-corrected chi connectivity index (χ4v) is 1.04. The van der Waals surface area contributed by atoms with Gasteiger partial charge in [-0.15, -0.1) is 0 Å². The van der Waals surface area contributed by atoms with E-state index < -0.39 is 6.67 Å². The summed E-state index contributed by atoms with van der Waals surface area (Å²) in [4.78, 5) is 4.20. The molecule has 0 spiro atoms. The summed E-state index contributed by atoms with van der Waals surface area (Å²) in [5, 5.41) is 0. The van der Waals surface area contributed by atoms with E-state index in [0.717, 1.165) is 11.4 Å². The highest BCUT2D eigenvalue weighted by Gasteiger charge is 2.05. The predicted molar refractivity (Wildman–Crippen MR) is 46.5 cm³/mol. The summed E-state index contributed by atoms with van der Waals surface area (Å²) in [6.45, 7) is 1.50. The lowest BCUT2D eigenvalue weighted by Gasteiger charge is -2.08. The van der Waals surface area contributed by atoms with Gasteiger partial charge < -0.3 is 5.73 Å². The Hall–Kier alpha value is -0.960. The number of aryl methyl sites for hydroxylation is 1. The van der Waals surface area contributed by atoms with Crippen LogP contribution in [-0.2, 0) is 0 Å². The molecule has 1 atom stereocenters. The Labute approximate surface area is 71.6 Å². The first-order valence-electron chi connectivity index (χ1n) is 3.99. The minimum Gasteiger partial charge on any atom is -0.323 e. The van der Waals surface area contributed by atoms with Gasteiger partial charge in [0.1, 0.15) is 0 Å². The second-order valence-corrected chi connectivity index (χ2v) is 2.79. The molecule has 12 heavy (non-hydrogen) atoms. The zero-order valence-corrected chi connectivity index (χ0v) is 7.13. The summed E-state index contributed by atoms with van der Waals surface area (Å²) in [6, 6.07) is 5.34. The van der Waals surface area contributed by atoms with Crippen LogP contribution in [0.4, 0.5) is 4.39 Å². The van der Waals surface area contributed by atoms with Gasteiger partial charge in [-0.3, -0.25) is 9.37 Å². The van der Waals surface area contributed by atoms with Crippen LogP contribution in [0.1, 0.15) is 23.9 Å². The van der Waals surface area contributed by atoms with Crippen molar-refractivity contribution in [1.29, 1.82) is 0 Å². The van der Waals surface area contributed by atoms with E-state index in [4.69, 9.17) is 5.73 Å². The number of rotatable bonds is 3. The molecule has 1 rings (SSSR count). The summed E-state index contributed by atoms with van der Waals surface area (Å²) in [7, 11) is 0. The van der Waals surface area contributed by atoms with Crippen LogP contribution < -0.4 is 5.73 Å². The van der Waals surface area contributed by atoms with E-state index in [1.54, 1.807) is 0 Å². The van der Waals surface area contributed by atoms with Gasteiger partial charge >= 0.3 is 0 Å². The maximum Gasteiger partial charge on any atom is 0.0913 e. The third-order valence-corrected chi connectivity index (χ3v) is 1.71. The lowest BCUT2D eigenvalue weighted by atomic mass is 10.1. The molecule has 66 valence electrons. The number of nitrogens with two attached hydrogens (primary N) is 1. The van der Waals surface area contributed by atoms with Crippen LogP contribution in [0.2, 0.25) is 0 Å². The van der Waals surface area contributed by atoms with Gasteiger partial charge in [0.2, 0.25) is 0 Å². The lowest BCUT2D eigenvalue weighted by molar-refractivity contribution is 0.438. The minimum absolute atomic E-state index is 0.269. The Bertz CT molecular complexity index is 250. The molecule has 0 aliphatic carbocycles. The second-order valence-electron chi connectivity index (χ2n) is 2.79. The van der Waals surface area contributed by atoms with Gasteiger partial charge in [-0.2, -0.15) is 0 Å². The number of alkyl halides is 1. The molecule has 0 aromatic carbocycles. The summed E-state index contributed by atoms with van der Waals surface area (Å²) in [5.41, 5.74) is 7.36. The SMILES string of the molecule is Cc1cccc([C@@H](N)CCF)n1. The quantitative estimate of drug-likeness (QED) is 0.746. The Kier molecular flexibility index (Phi) is 3.17.